The second-order valence-corrected chi connectivity index (χ2v) is 5.41. The number of anilines is 1. The fourth-order valence-corrected chi connectivity index (χ4v) is 2.25. The van der Waals surface area contributed by atoms with E-state index in [2.05, 4.69) is 25.4 Å². The molecule has 0 saturated carbocycles. The number of amides is 1. The van der Waals surface area contributed by atoms with Crippen LogP contribution < -0.4 is 10.1 Å². The molecule has 0 spiro atoms. The maximum atomic E-state index is 12.3. The van der Waals surface area contributed by atoms with Crippen molar-refractivity contribution in [2.75, 3.05) is 5.32 Å². The van der Waals surface area contributed by atoms with Gasteiger partial charge < -0.3 is 14.6 Å². The van der Waals surface area contributed by atoms with Crippen LogP contribution in [0.3, 0.4) is 0 Å². The smallest absolute Gasteiger partial charge is 0.316 e. The zero-order valence-corrected chi connectivity index (χ0v) is 13.9. The molecular formula is C19H13N5O3. The molecule has 0 fully saturated rings. The molecule has 8 heteroatoms. The number of para-hydroxylation sites is 1. The molecule has 1 amide bonds. The van der Waals surface area contributed by atoms with Crippen molar-refractivity contribution in [2.45, 2.75) is 0 Å². The average Bonchev–Trinajstić information content (AvgIpc) is 3.21. The van der Waals surface area contributed by atoms with Crippen LogP contribution in [0.1, 0.15) is 10.7 Å². The van der Waals surface area contributed by atoms with Gasteiger partial charge in [-0.1, -0.05) is 23.4 Å². The Morgan fingerprint density at radius 3 is 2.48 bits per heavy atom. The molecule has 132 valence electrons. The van der Waals surface area contributed by atoms with Crippen LogP contribution in [0.4, 0.5) is 5.69 Å². The van der Waals surface area contributed by atoms with Crippen molar-refractivity contribution >= 4 is 11.6 Å². The van der Waals surface area contributed by atoms with Gasteiger partial charge in [-0.15, -0.1) is 0 Å². The molecule has 8 nitrogen and oxygen atoms in total. The molecule has 4 aromatic rings. The van der Waals surface area contributed by atoms with Crippen LogP contribution in [0.25, 0.3) is 11.5 Å². The third kappa shape index (κ3) is 3.96. The number of carbonyl (C=O) groups excluding carboxylic acids is 1. The van der Waals surface area contributed by atoms with Gasteiger partial charge >= 0.3 is 11.8 Å². The van der Waals surface area contributed by atoms with E-state index in [9.17, 15) is 4.79 Å². The summed E-state index contributed by atoms with van der Waals surface area (Å²) in [5.74, 6) is 0.896. The van der Waals surface area contributed by atoms with E-state index < -0.39 is 5.91 Å². The van der Waals surface area contributed by atoms with Crippen LogP contribution in [0.2, 0.25) is 0 Å². The van der Waals surface area contributed by atoms with E-state index in [4.69, 9.17) is 9.26 Å². The molecule has 0 aliphatic heterocycles. The Bertz CT molecular complexity index is 1030. The Hall–Kier alpha value is -4.07. The number of carbonyl (C=O) groups is 1. The van der Waals surface area contributed by atoms with E-state index in [-0.39, 0.29) is 11.7 Å². The fourth-order valence-electron chi connectivity index (χ4n) is 2.25. The number of hydrogen-bond acceptors (Lipinski definition) is 7. The van der Waals surface area contributed by atoms with Gasteiger partial charge in [0, 0.05) is 18.1 Å². The second kappa shape index (κ2) is 7.44. The topological polar surface area (TPSA) is 103 Å². The monoisotopic (exact) mass is 359 g/mol. The third-order valence-electron chi connectivity index (χ3n) is 3.50. The molecular weight excluding hydrogens is 346 g/mol. The van der Waals surface area contributed by atoms with E-state index >= 15 is 0 Å². The predicted octanol–water partition coefficient (Wildman–Crippen LogP) is 3.57. The first kappa shape index (κ1) is 16.4. The molecule has 27 heavy (non-hydrogen) atoms. The van der Waals surface area contributed by atoms with Crippen LogP contribution in [-0.4, -0.2) is 26.0 Å². The van der Waals surface area contributed by atoms with Gasteiger partial charge in [0.25, 0.3) is 0 Å². The molecule has 0 saturated heterocycles. The first-order valence-corrected chi connectivity index (χ1v) is 8.02. The summed E-state index contributed by atoms with van der Waals surface area (Å²) in [5, 5.41) is 6.43. The summed E-state index contributed by atoms with van der Waals surface area (Å²) in [7, 11) is 0. The number of nitrogens with zero attached hydrogens (tertiary/aromatic N) is 4. The maximum Gasteiger partial charge on any atom is 0.316 e. The van der Waals surface area contributed by atoms with Crippen LogP contribution in [0.5, 0.6) is 11.5 Å². The minimum atomic E-state index is -0.519. The molecule has 1 N–H and O–H groups in total. The number of aromatic nitrogens is 4. The van der Waals surface area contributed by atoms with Crippen molar-refractivity contribution in [2.24, 2.45) is 0 Å². The largest absolute Gasteiger partial charge is 0.457 e. The van der Waals surface area contributed by atoms with E-state index in [0.717, 1.165) is 5.75 Å². The van der Waals surface area contributed by atoms with Gasteiger partial charge in [-0.05, 0) is 36.4 Å². The summed E-state index contributed by atoms with van der Waals surface area (Å²) in [6, 6.07) is 16.4. The summed E-state index contributed by atoms with van der Waals surface area (Å²) in [5.41, 5.74) is 0.988. The summed E-state index contributed by atoms with van der Waals surface area (Å²) in [4.78, 5) is 24.3. The first-order chi connectivity index (χ1) is 13.3. The van der Waals surface area contributed by atoms with E-state index in [0.29, 0.717) is 17.1 Å². The highest BCUT2D eigenvalue weighted by atomic mass is 16.5. The van der Waals surface area contributed by atoms with Crippen LogP contribution in [-0.2, 0) is 0 Å². The van der Waals surface area contributed by atoms with Gasteiger partial charge in [0.05, 0.1) is 6.20 Å². The standard InChI is InChI=1S/C19H13N5O3/c25-18(19-23-17(24-27-19)16-12-20-10-11-21-16)22-13-6-8-15(9-7-13)26-14-4-2-1-3-5-14/h1-12H,(H,22,25). The second-order valence-electron chi connectivity index (χ2n) is 5.41. The molecule has 0 aliphatic rings. The Balaban J connectivity index is 1.42. The van der Waals surface area contributed by atoms with Crippen LogP contribution >= 0.6 is 0 Å². The minimum absolute atomic E-state index is 0.166. The van der Waals surface area contributed by atoms with Gasteiger partial charge in [0.1, 0.15) is 17.2 Å². The van der Waals surface area contributed by atoms with Crippen LogP contribution in [0.15, 0.2) is 77.7 Å². The lowest BCUT2D eigenvalue weighted by molar-refractivity contribution is 0.0981. The van der Waals surface area contributed by atoms with E-state index in [1.165, 1.54) is 18.6 Å². The number of nitrogens with one attached hydrogen (secondary N) is 1. The molecule has 0 atom stereocenters. The van der Waals surface area contributed by atoms with Gasteiger partial charge in [-0.25, -0.2) is 4.98 Å². The van der Waals surface area contributed by atoms with Crippen molar-refractivity contribution in [3.63, 3.8) is 0 Å². The molecule has 4 rings (SSSR count). The highest BCUT2D eigenvalue weighted by molar-refractivity contribution is 6.01. The van der Waals surface area contributed by atoms with Crippen LogP contribution in [0, 0.1) is 0 Å². The SMILES string of the molecule is O=C(Nc1ccc(Oc2ccccc2)cc1)c1nc(-c2cnccn2)no1. The summed E-state index contributed by atoms with van der Waals surface area (Å²) < 4.78 is 10.7. The van der Waals surface area contributed by atoms with Gasteiger partial charge in [0.15, 0.2) is 0 Å². The van der Waals surface area contributed by atoms with Crippen molar-refractivity contribution < 1.29 is 14.1 Å². The summed E-state index contributed by atoms with van der Waals surface area (Å²) in [6.07, 6.45) is 4.52. The molecule has 0 unspecified atom stereocenters. The number of hydrogen-bond donors (Lipinski definition) is 1. The quantitative estimate of drug-likeness (QED) is 0.581. The zero-order valence-electron chi connectivity index (χ0n) is 13.9. The fraction of sp³-hybridized carbons (Fsp3) is 0. The Kier molecular flexibility index (Phi) is 4.52. The molecule has 2 aromatic carbocycles. The predicted molar refractivity (Wildman–Crippen MR) is 96.2 cm³/mol. The normalized spacial score (nSPS) is 10.4. The van der Waals surface area contributed by atoms with Gasteiger partial charge in [0.2, 0.25) is 5.82 Å². The van der Waals surface area contributed by atoms with E-state index in [1.54, 1.807) is 24.3 Å². The lowest BCUT2D eigenvalue weighted by Gasteiger charge is -2.07. The molecule has 2 aromatic heterocycles. The molecule has 0 aliphatic carbocycles. The lowest BCUT2D eigenvalue weighted by atomic mass is 10.3. The summed E-state index contributed by atoms with van der Waals surface area (Å²) in [6.45, 7) is 0. The van der Waals surface area contributed by atoms with Crippen molar-refractivity contribution in [3.05, 3.63) is 79.1 Å². The number of ether oxygens (including phenoxy) is 1. The van der Waals surface area contributed by atoms with Gasteiger partial charge in [-0.2, -0.15) is 4.98 Å². The molecule has 0 radical (unpaired) electrons. The zero-order chi connectivity index (χ0) is 18.5. The number of rotatable bonds is 5. The molecule has 0 bridgehead atoms. The lowest BCUT2D eigenvalue weighted by Crippen LogP contribution is -2.12. The molecule has 2 heterocycles. The highest BCUT2D eigenvalue weighted by Gasteiger charge is 2.17. The third-order valence-corrected chi connectivity index (χ3v) is 3.50. The Morgan fingerprint density at radius 1 is 0.963 bits per heavy atom. The maximum absolute atomic E-state index is 12.3. The minimum Gasteiger partial charge on any atom is -0.457 e. The van der Waals surface area contributed by atoms with Crippen molar-refractivity contribution in [1.82, 2.24) is 20.1 Å². The highest BCUT2D eigenvalue weighted by Crippen LogP contribution is 2.23. The average molecular weight is 359 g/mol. The van der Waals surface area contributed by atoms with Gasteiger partial charge in [-0.3, -0.25) is 9.78 Å². The van der Waals surface area contributed by atoms with E-state index in [1.807, 2.05) is 30.3 Å². The first-order valence-electron chi connectivity index (χ1n) is 8.02. The Morgan fingerprint density at radius 2 is 1.74 bits per heavy atom. The number of benzene rings is 2. The summed E-state index contributed by atoms with van der Waals surface area (Å²) >= 11 is 0. The van der Waals surface area contributed by atoms with Crippen molar-refractivity contribution in [3.8, 4) is 23.0 Å². The van der Waals surface area contributed by atoms with Crippen molar-refractivity contribution in [1.29, 1.82) is 0 Å². The Labute approximate surface area is 153 Å².